The highest BCUT2D eigenvalue weighted by atomic mass is 16.5. The Morgan fingerprint density at radius 3 is 2.50 bits per heavy atom. The van der Waals surface area contributed by atoms with Crippen molar-refractivity contribution >= 4 is 0 Å². The summed E-state index contributed by atoms with van der Waals surface area (Å²) in [5, 5.41) is 0. The van der Waals surface area contributed by atoms with E-state index in [0.29, 0.717) is 12.5 Å². The van der Waals surface area contributed by atoms with E-state index in [1.807, 2.05) is 6.92 Å². The summed E-state index contributed by atoms with van der Waals surface area (Å²) in [6.45, 7) is 9.20. The van der Waals surface area contributed by atoms with Gasteiger partial charge in [0.1, 0.15) is 0 Å². The van der Waals surface area contributed by atoms with Crippen LogP contribution in [0.2, 0.25) is 0 Å². The average molecular weight is 250 g/mol. The molecule has 2 unspecified atom stereocenters. The van der Waals surface area contributed by atoms with Gasteiger partial charge < -0.3 is 4.74 Å². The summed E-state index contributed by atoms with van der Waals surface area (Å²) in [4.78, 5) is 0. The fourth-order valence-corrected chi connectivity index (χ4v) is 2.25. The molecule has 2 atom stereocenters. The molecule has 0 bridgehead atoms. The molecule has 1 aromatic rings. The van der Waals surface area contributed by atoms with Gasteiger partial charge in [-0.05, 0) is 30.4 Å². The Bertz CT molecular complexity index is 352. The van der Waals surface area contributed by atoms with Gasteiger partial charge in [-0.25, -0.2) is 0 Å². The van der Waals surface area contributed by atoms with Crippen molar-refractivity contribution in [3.63, 3.8) is 0 Å². The van der Waals surface area contributed by atoms with Crippen molar-refractivity contribution < 1.29 is 4.74 Å². The van der Waals surface area contributed by atoms with Crippen LogP contribution in [-0.2, 0) is 11.2 Å². The van der Waals surface area contributed by atoms with E-state index in [9.17, 15) is 0 Å². The maximum absolute atomic E-state index is 5.84. The highest BCUT2D eigenvalue weighted by Gasteiger charge is 2.25. The number of hydrazine groups is 1. The van der Waals surface area contributed by atoms with Crippen molar-refractivity contribution in [3.05, 3.63) is 35.4 Å². The maximum atomic E-state index is 5.84. The molecular weight excluding hydrogens is 224 g/mol. The van der Waals surface area contributed by atoms with E-state index in [4.69, 9.17) is 10.6 Å². The maximum Gasteiger partial charge on any atom is 0.0805 e. The van der Waals surface area contributed by atoms with Gasteiger partial charge in [-0.3, -0.25) is 11.3 Å². The van der Waals surface area contributed by atoms with Crippen LogP contribution in [-0.4, -0.2) is 12.7 Å². The second kappa shape index (κ2) is 7.52. The Morgan fingerprint density at radius 1 is 1.28 bits per heavy atom. The molecule has 18 heavy (non-hydrogen) atoms. The zero-order chi connectivity index (χ0) is 13.5. The Kier molecular flexibility index (Phi) is 6.33. The number of hydrogen-bond donors (Lipinski definition) is 2. The second-order valence-electron chi connectivity index (χ2n) is 4.91. The normalized spacial score (nSPS) is 14.8. The number of nitrogens with one attached hydrogen (secondary N) is 1. The van der Waals surface area contributed by atoms with Gasteiger partial charge in [0.25, 0.3) is 0 Å². The minimum absolute atomic E-state index is 0.0384. The predicted octanol–water partition coefficient (Wildman–Crippen LogP) is 2.81. The number of rotatable bonds is 7. The SMILES string of the molecule is CCOC(C(C)C)C(NN)c1cccc(CC)c1. The highest BCUT2D eigenvalue weighted by Crippen LogP contribution is 2.25. The van der Waals surface area contributed by atoms with Crippen LogP contribution < -0.4 is 11.3 Å². The summed E-state index contributed by atoms with van der Waals surface area (Å²) in [7, 11) is 0. The van der Waals surface area contributed by atoms with E-state index in [1.54, 1.807) is 0 Å². The van der Waals surface area contributed by atoms with Gasteiger partial charge in [-0.1, -0.05) is 45.0 Å². The topological polar surface area (TPSA) is 47.3 Å². The Balaban J connectivity index is 2.98. The molecule has 0 spiro atoms. The van der Waals surface area contributed by atoms with Crippen LogP contribution in [0.4, 0.5) is 0 Å². The third kappa shape index (κ3) is 3.80. The molecule has 3 heteroatoms. The highest BCUT2D eigenvalue weighted by molar-refractivity contribution is 5.27. The van der Waals surface area contributed by atoms with Crippen molar-refractivity contribution in [3.8, 4) is 0 Å². The first-order chi connectivity index (χ1) is 8.63. The lowest BCUT2D eigenvalue weighted by atomic mass is 9.92. The largest absolute Gasteiger partial charge is 0.376 e. The van der Waals surface area contributed by atoms with Gasteiger partial charge in [0.05, 0.1) is 12.1 Å². The molecule has 0 aliphatic carbocycles. The molecule has 1 rings (SSSR count). The van der Waals surface area contributed by atoms with Crippen molar-refractivity contribution in [1.82, 2.24) is 5.43 Å². The molecule has 1 aromatic carbocycles. The van der Waals surface area contributed by atoms with Crippen LogP contribution in [0.3, 0.4) is 0 Å². The van der Waals surface area contributed by atoms with Gasteiger partial charge in [-0.15, -0.1) is 0 Å². The molecule has 0 aliphatic rings. The van der Waals surface area contributed by atoms with Crippen molar-refractivity contribution in [2.24, 2.45) is 11.8 Å². The molecule has 3 N–H and O–H groups in total. The molecule has 0 aromatic heterocycles. The molecular formula is C15H26N2O. The lowest BCUT2D eigenvalue weighted by molar-refractivity contribution is 0.00276. The van der Waals surface area contributed by atoms with E-state index < -0.39 is 0 Å². The van der Waals surface area contributed by atoms with Crippen LogP contribution in [0, 0.1) is 5.92 Å². The zero-order valence-electron chi connectivity index (χ0n) is 11.9. The summed E-state index contributed by atoms with van der Waals surface area (Å²) in [6.07, 6.45) is 1.12. The van der Waals surface area contributed by atoms with Crippen molar-refractivity contribution in [2.45, 2.75) is 46.3 Å². The summed E-state index contributed by atoms with van der Waals surface area (Å²) in [5.41, 5.74) is 5.43. The third-order valence-electron chi connectivity index (χ3n) is 3.24. The summed E-state index contributed by atoms with van der Waals surface area (Å²) >= 11 is 0. The summed E-state index contributed by atoms with van der Waals surface area (Å²) in [5.74, 6) is 6.15. The van der Waals surface area contributed by atoms with Gasteiger partial charge in [0.2, 0.25) is 0 Å². The van der Waals surface area contributed by atoms with Gasteiger partial charge in [-0.2, -0.15) is 0 Å². The van der Waals surface area contributed by atoms with Crippen LogP contribution in [0.25, 0.3) is 0 Å². The minimum Gasteiger partial charge on any atom is -0.376 e. The Hall–Kier alpha value is -0.900. The van der Waals surface area contributed by atoms with E-state index in [1.165, 1.54) is 11.1 Å². The third-order valence-corrected chi connectivity index (χ3v) is 3.24. The predicted molar refractivity (Wildman–Crippen MR) is 76.1 cm³/mol. The first kappa shape index (κ1) is 15.2. The average Bonchev–Trinajstić information content (AvgIpc) is 2.38. The van der Waals surface area contributed by atoms with E-state index >= 15 is 0 Å². The fraction of sp³-hybridized carbons (Fsp3) is 0.600. The molecule has 0 heterocycles. The lowest BCUT2D eigenvalue weighted by Crippen LogP contribution is -2.40. The van der Waals surface area contributed by atoms with Crippen molar-refractivity contribution in [2.75, 3.05) is 6.61 Å². The minimum atomic E-state index is 0.0384. The van der Waals surface area contributed by atoms with E-state index in [2.05, 4.69) is 50.5 Å². The molecule has 0 aliphatic heterocycles. The fourth-order valence-electron chi connectivity index (χ4n) is 2.25. The van der Waals surface area contributed by atoms with E-state index in [-0.39, 0.29) is 12.1 Å². The standard InChI is InChI=1S/C15H26N2O/c1-5-12-8-7-9-13(10-12)14(17-16)15(11(3)4)18-6-2/h7-11,14-15,17H,5-6,16H2,1-4H3. The van der Waals surface area contributed by atoms with Gasteiger partial charge in [0.15, 0.2) is 0 Å². The van der Waals surface area contributed by atoms with Crippen molar-refractivity contribution in [1.29, 1.82) is 0 Å². The molecule has 0 amide bonds. The van der Waals surface area contributed by atoms with Gasteiger partial charge in [0, 0.05) is 6.61 Å². The summed E-state index contributed by atoms with van der Waals surface area (Å²) in [6, 6.07) is 8.58. The number of aryl methyl sites for hydroxylation is 1. The molecule has 102 valence electrons. The first-order valence-electron chi connectivity index (χ1n) is 6.80. The Morgan fingerprint density at radius 2 is 2.00 bits per heavy atom. The van der Waals surface area contributed by atoms with Crippen LogP contribution in [0.15, 0.2) is 24.3 Å². The van der Waals surface area contributed by atoms with Gasteiger partial charge >= 0.3 is 0 Å². The number of hydrogen-bond acceptors (Lipinski definition) is 3. The first-order valence-corrected chi connectivity index (χ1v) is 6.80. The smallest absolute Gasteiger partial charge is 0.0805 e. The van der Waals surface area contributed by atoms with Crippen LogP contribution in [0.1, 0.15) is 44.9 Å². The second-order valence-corrected chi connectivity index (χ2v) is 4.91. The van der Waals surface area contributed by atoms with Crippen LogP contribution in [0.5, 0.6) is 0 Å². The Labute approximate surface area is 111 Å². The van der Waals surface area contributed by atoms with Crippen LogP contribution >= 0.6 is 0 Å². The monoisotopic (exact) mass is 250 g/mol. The number of ether oxygens (including phenoxy) is 1. The summed E-state index contributed by atoms with van der Waals surface area (Å²) < 4.78 is 5.84. The lowest BCUT2D eigenvalue weighted by Gasteiger charge is -2.30. The molecule has 3 nitrogen and oxygen atoms in total. The number of benzene rings is 1. The molecule has 0 saturated carbocycles. The molecule has 0 radical (unpaired) electrons. The number of nitrogens with two attached hydrogens (primary N) is 1. The van der Waals surface area contributed by atoms with E-state index in [0.717, 1.165) is 6.42 Å². The molecule has 0 fully saturated rings. The quantitative estimate of drug-likeness (QED) is 0.578. The molecule has 0 saturated heterocycles. The zero-order valence-corrected chi connectivity index (χ0v) is 11.9.